The number of anilines is 1. The normalized spacial score (nSPS) is 12.4. The van der Waals surface area contributed by atoms with Crippen LogP contribution in [0.15, 0.2) is 18.5 Å². The summed E-state index contributed by atoms with van der Waals surface area (Å²) in [4.78, 5) is 16.5. The maximum atomic E-state index is 10.8. The molecule has 0 fully saturated rings. The van der Waals surface area contributed by atoms with Gasteiger partial charge >= 0.3 is 5.82 Å². The van der Waals surface area contributed by atoms with E-state index in [1.54, 1.807) is 23.0 Å². The molecule has 96 valence electrons. The zero-order valence-corrected chi connectivity index (χ0v) is 11.2. The minimum absolute atomic E-state index is 0.0119. The van der Waals surface area contributed by atoms with Gasteiger partial charge in [-0.05, 0) is 35.9 Å². The second kappa shape index (κ2) is 4.77. The molecule has 0 amide bonds. The third kappa shape index (κ3) is 2.35. The van der Waals surface area contributed by atoms with E-state index in [9.17, 15) is 10.1 Å². The summed E-state index contributed by atoms with van der Waals surface area (Å²) in [5, 5.41) is 14.0. The van der Waals surface area contributed by atoms with E-state index in [4.69, 9.17) is 0 Å². The molecule has 0 saturated heterocycles. The maximum Gasteiger partial charge on any atom is 0.406 e. The van der Waals surface area contributed by atoms with E-state index in [-0.39, 0.29) is 11.9 Å². The number of aryl methyl sites for hydroxylation is 2. The van der Waals surface area contributed by atoms with Crippen LogP contribution in [0.1, 0.15) is 22.7 Å². The molecule has 0 radical (unpaired) electrons. The Morgan fingerprint density at radius 2 is 2.28 bits per heavy atom. The molecule has 1 atom stereocenters. The van der Waals surface area contributed by atoms with Gasteiger partial charge in [-0.3, -0.25) is 4.57 Å². The lowest BCUT2D eigenvalue weighted by atomic mass is 10.2. The van der Waals surface area contributed by atoms with E-state index in [2.05, 4.69) is 10.3 Å². The smallest absolute Gasteiger partial charge is 0.358 e. The molecule has 0 aliphatic heterocycles. The zero-order chi connectivity index (χ0) is 13.3. The predicted molar refractivity (Wildman–Crippen MR) is 71.0 cm³/mol. The summed E-state index contributed by atoms with van der Waals surface area (Å²) in [6, 6.07) is 4.08. The van der Waals surface area contributed by atoms with Crippen LogP contribution in [0.3, 0.4) is 0 Å². The van der Waals surface area contributed by atoms with Crippen molar-refractivity contribution in [1.82, 2.24) is 9.55 Å². The fraction of sp³-hybridized carbons (Fsp3) is 0.364. The van der Waals surface area contributed by atoms with Gasteiger partial charge in [-0.1, -0.05) is 0 Å². The third-order valence-electron chi connectivity index (χ3n) is 2.63. The van der Waals surface area contributed by atoms with Gasteiger partial charge in [0.1, 0.15) is 0 Å². The molecule has 0 aliphatic carbocycles. The number of hydrogen-bond acceptors (Lipinski definition) is 5. The van der Waals surface area contributed by atoms with Crippen molar-refractivity contribution in [3.05, 3.63) is 38.3 Å². The van der Waals surface area contributed by atoms with Crippen LogP contribution in [-0.2, 0) is 7.05 Å². The van der Waals surface area contributed by atoms with Crippen molar-refractivity contribution in [2.24, 2.45) is 7.05 Å². The summed E-state index contributed by atoms with van der Waals surface area (Å²) in [5.74, 6) is 0.288. The molecule has 2 heterocycles. The Morgan fingerprint density at radius 3 is 2.83 bits per heavy atom. The molecule has 0 bridgehead atoms. The highest BCUT2D eigenvalue weighted by atomic mass is 32.1. The second-order valence-corrected chi connectivity index (χ2v) is 5.42. The van der Waals surface area contributed by atoms with Gasteiger partial charge in [-0.15, -0.1) is 11.3 Å². The van der Waals surface area contributed by atoms with Crippen molar-refractivity contribution in [1.29, 1.82) is 0 Å². The number of nitrogens with zero attached hydrogens (tertiary/aromatic N) is 3. The fourth-order valence-electron chi connectivity index (χ4n) is 1.68. The molecule has 0 spiro atoms. The molecule has 7 heteroatoms. The molecule has 2 aromatic heterocycles. The first-order chi connectivity index (χ1) is 8.49. The van der Waals surface area contributed by atoms with E-state index >= 15 is 0 Å². The first kappa shape index (κ1) is 12.6. The molecule has 2 aromatic rings. The quantitative estimate of drug-likeness (QED) is 0.682. The standard InChI is InChI=1S/C11H14N4O2S/c1-7-4-5-9(18-7)8(2)13-11-10(15(16)17)12-6-14(11)3/h4-6,8,13H,1-3H3. The SMILES string of the molecule is Cc1ccc(C(C)Nc2c([N+](=O)[O-])ncn2C)s1. The number of nitro groups is 1. The molecule has 0 aliphatic rings. The summed E-state index contributed by atoms with van der Waals surface area (Å²) in [7, 11) is 1.73. The highest BCUT2D eigenvalue weighted by Gasteiger charge is 2.22. The van der Waals surface area contributed by atoms with Gasteiger partial charge in [-0.2, -0.15) is 0 Å². The number of aromatic nitrogens is 2. The van der Waals surface area contributed by atoms with E-state index < -0.39 is 4.92 Å². The van der Waals surface area contributed by atoms with Crippen LogP contribution < -0.4 is 5.32 Å². The van der Waals surface area contributed by atoms with Crippen molar-refractivity contribution in [2.45, 2.75) is 19.9 Å². The van der Waals surface area contributed by atoms with Gasteiger partial charge in [0.2, 0.25) is 12.1 Å². The van der Waals surface area contributed by atoms with E-state index in [0.29, 0.717) is 5.82 Å². The molecule has 1 unspecified atom stereocenters. The molecule has 0 saturated carbocycles. The van der Waals surface area contributed by atoms with Crippen LogP contribution in [0, 0.1) is 17.0 Å². The van der Waals surface area contributed by atoms with Gasteiger partial charge in [0.25, 0.3) is 0 Å². The lowest BCUT2D eigenvalue weighted by molar-refractivity contribution is -0.388. The molecule has 2 rings (SSSR count). The Hall–Kier alpha value is -1.89. The maximum absolute atomic E-state index is 10.8. The summed E-state index contributed by atoms with van der Waals surface area (Å²) in [6.45, 7) is 4.01. The molecule has 1 N–H and O–H groups in total. The zero-order valence-electron chi connectivity index (χ0n) is 10.4. The van der Waals surface area contributed by atoms with Crippen molar-refractivity contribution in [3.8, 4) is 0 Å². The van der Waals surface area contributed by atoms with Gasteiger partial charge in [0, 0.05) is 16.8 Å². The Balaban J connectivity index is 2.23. The topological polar surface area (TPSA) is 73.0 Å². The molecule has 0 aromatic carbocycles. The van der Waals surface area contributed by atoms with Crippen LogP contribution in [0.2, 0.25) is 0 Å². The Kier molecular flexibility index (Phi) is 3.33. The highest BCUT2D eigenvalue weighted by molar-refractivity contribution is 7.12. The third-order valence-corrected chi connectivity index (χ3v) is 3.82. The first-order valence-electron chi connectivity index (χ1n) is 5.47. The van der Waals surface area contributed by atoms with E-state index in [1.165, 1.54) is 11.2 Å². The molecular formula is C11H14N4O2S. The second-order valence-electron chi connectivity index (χ2n) is 4.10. The van der Waals surface area contributed by atoms with Crippen LogP contribution in [-0.4, -0.2) is 14.5 Å². The summed E-state index contributed by atoms with van der Waals surface area (Å²) in [5.41, 5.74) is 0. The Labute approximate surface area is 108 Å². The van der Waals surface area contributed by atoms with Crippen LogP contribution in [0.4, 0.5) is 11.6 Å². The number of nitrogens with one attached hydrogen (secondary N) is 1. The van der Waals surface area contributed by atoms with Gasteiger partial charge in [0.05, 0.1) is 6.04 Å². The van der Waals surface area contributed by atoms with Gasteiger partial charge in [-0.25, -0.2) is 0 Å². The molecule has 6 nitrogen and oxygen atoms in total. The van der Waals surface area contributed by atoms with E-state index in [0.717, 1.165) is 4.88 Å². The lowest BCUT2D eigenvalue weighted by Crippen LogP contribution is -2.09. The van der Waals surface area contributed by atoms with Crippen molar-refractivity contribution < 1.29 is 4.92 Å². The van der Waals surface area contributed by atoms with Crippen molar-refractivity contribution in [2.75, 3.05) is 5.32 Å². The van der Waals surface area contributed by atoms with Crippen LogP contribution in [0.5, 0.6) is 0 Å². The molecular weight excluding hydrogens is 252 g/mol. The summed E-state index contributed by atoms with van der Waals surface area (Å²) in [6.07, 6.45) is 1.44. The Bertz CT molecular complexity index is 575. The summed E-state index contributed by atoms with van der Waals surface area (Å²) >= 11 is 1.68. The fourth-order valence-corrected chi connectivity index (χ4v) is 2.56. The number of hydrogen-bond donors (Lipinski definition) is 1. The minimum atomic E-state index is -0.477. The number of imidazole rings is 1. The van der Waals surface area contributed by atoms with Crippen molar-refractivity contribution >= 4 is 23.0 Å². The number of thiophene rings is 1. The average molecular weight is 266 g/mol. The number of rotatable bonds is 4. The lowest BCUT2D eigenvalue weighted by Gasteiger charge is -2.12. The largest absolute Gasteiger partial charge is 0.406 e. The minimum Gasteiger partial charge on any atom is -0.358 e. The van der Waals surface area contributed by atoms with E-state index in [1.807, 2.05) is 26.0 Å². The van der Waals surface area contributed by atoms with Crippen LogP contribution >= 0.6 is 11.3 Å². The Morgan fingerprint density at radius 1 is 1.56 bits per heavy atom. The first-order valence-corrected chi connectivity index (χ1v) is 6.29. The van der Waals surface area contributed by atoms with Crippen molar-refractivity contribution in [3.63, 3.8) is 0 Å². The highest BCUT2D eigenvalue weighted by Crippen LogP contribution is 2.29. The van der Waals surface area contributed by atoms with Crippen LogP contribution in [0.25, 0.3) is 0 Å². The predicted octanol–water partition coefficient (Wildman–Crippen LogP) is 2.87. The monoisotopic (exact) mass is 266 g/mol. The summed E-state index contributed by atoms with van der Waals surface area (Å²) < 4.78 is 1.62. The van der Waals surface area contributed by atoms with Gasteiger partial charge < -0.3 is 15.4 Å². The average Bonchev–Trinajstić information content (AvgIpc) is 2.87. The molecule has 18 heavy (non-hydrogen) atoms. The van der Waals surface area contributed by atoms with Gasteiger partial charge in [0.15, 0.2) is 0 Å².